The Morgan fingerprint density at radius 1 is 1.26 bits per heavy atom. The summed E-state index contributed by atoms with van der Waals surface area (Å²) in [4.78, 5) is 12.3. The van der Waals surface area contributed by atoms with Crippen LogP contribution in [0, 0.1) is 20.8 Å². The maximum atomic E-state index is 12.3. The molecule has 1 amide bonds. The summed E-state index contributed by atoms with van der Waals surface area (Å²) in [5, 5.41) is 4.71. The smallest absolute Gasteiger partial charge is 0.243 e. The Kier molecular flexibility index (Phi) is 4.22. The lowest BCUT2D eigenvalue weighted by Gasteiger charge is -2.31. The zero-order chi connectivity index (χ0) is 14.0. The average Bonchev–Trinajstić information content (AvgIpc) is 2.34. The molecule has 1 fully saturated rings. The third kappa shape index (κ3) is 3.14. The van der Waals surface area contributed by atoms with Crippen molar-refractivity contribution < 1.29 is 4.79 Å². The molecule has 0 radical (unpaired) electrons. The third-order valence-corrected chi connectivity index (χ3v) is 3.77. The summed E-state index contributed by atoms with van der Waals surface area (Å²) in [6.45, 7) is 6.91. The summed E-state index contributed by atoms with van der Waals surface area (Å²) in [6.07, 6.45) is 2.98. The number of nitrogens with zero attached hydrogens (tertiary/aromatic N) is 1. The Morgan fingerprint density at radius 3 is 2.47 bits per heavy atom. The number of nitrogens with two attached hydrogens (primary N) is 1. The van der Waals surface area contributed by atoms with Crippen LogP contribution in [0.4, 0.5) is 5.69 Å². The van der Waals surface area contributed by atoms with E-state index >= 15 is 0 Å². The molecule has 1 atom stereocenters. The van der Waals surface area contributed by atoms with Crippen molar-refractivity contribution in [2.75, 3.05) is 11.9 Å². The van der Waals surface area contributed by atoms with Gasteiger partial charge in [0.1, 0.15) is 6.04 Å². The van der Waals surface area contributed by atoms with Crippen LogP contribution in [0.25, 0.3) is 0 Å². The Balaban J connectivity index is 2.14. The number of piperidine rings is 1. The van der Waals surface area contributed by atoms with Gasteiger partial charge < -0.3 is 5.32 Å². The number of hydrazine groups is 1. The van der Waals surface area contributed by atoms with E-state index in [1.807, 2.05) is 13.8 Å². The molecule has 1 aliphatic heterocycles. The van der Waals surface area contributed by atoms with Crippen molar-refractivity contribution in [3.05, 3.63) is 28.8 Å². The predicted octanol–water partition coefficient (Wildman–Crippen LogP) is 2.28. The summed E-state index contributed by atoms with van der Waals surface area (Å²) >= 11 is 0. The highest BCUT2D eigenvalue weighted by Gasteiger charge is 2.27. The molecule has 0 saturated carbocycles. The van der Waals surface area contributed by atoms with E-state index in [4.69, 9.17) is 5.84 Å². The lowest BCUT2D eigenvalue weighted by Crippen LogP contribution is -2.50. The van der Waals surface area contributed by atoms with Crippen molar-refractivity contribution in [1.82, 2.24) is 5.01 Å². The molecule has 0 bridgehead atoms. The molecule has 1 aromatic carbocycles. The first-order chi connectivity index (χ1) is 8.99. The minimum absolute atomic E-state index is 0.0113. The number of amides is 1. The Labute approximate surface area is 114 Å². The fourth-order valence-electron chi connectivity index (χ4n) is 2.82. The van der Waals surface area contributed by atoms with Crippen LogP contribution < -0.4 is 11.2 Å². The van der Waals surface area contributed by atoms with Crippen LogP contribution in [0.2, 0.25) is 0 Å². The fraction of sp³-hybridized carbons (Fsp3) is 0.533. The first kappa shape index (κ1) is 14.0. The topological polar surface area (TPSA) is 58.4 Å². The minimum atomic E-state index is -0.200. The van der Waals surface area contributed by atoms with Crippen molar-refractivity contribution in [1.29, 1.82) is 0 Å². The molecule has 0 aromatic heterocycles. The summed E-state index contributed by atoms with van der Waals surface area (Å²) in [5.74, 6) is 5.92. The van der Waals surface area contributed by atoms with E-state index in [9.17, 15) is 4.79 Å². The third-order valence-electron chi connectivity index (χ3n) is 3.77. The second kappa shape index (κ2) is 5.72. The quantitative estimate of drug-likeness (QED) is 0.803. The summed E-state index contributed by atoms with van der Waals surface area (Å²) in [6, 6.07) is 3.97. The summed E-state index contributed by atoms with van der Waals surface area (Å²) in [5.41, 5.74) is 4.34. The van der Waals surface area contributed by atoms with E-state index in [0.717, 1.165) is 42.6 Å². The van der Waals surface area contributed by atoms with Crippen LogP contribution in [-0.2, 0) is 4.79 Å². The average molecular weight is 261 g/mol. The SMILES string of the molecule is Cc1cc(C)c(NC(=O)C2CCCCN2N)c(C)c1. The lowest BCUT2D eigenvalue weighted by molar-refractivity contribution is -0.122. The van der Waals surface area contributed by atoms with E-state index in [-0.39, 0.29) is 11.9 Å². The summed E-state index contributed by atoms with van der Waals surface area (Å²) in [7, 11) is 0. The number of hydrogen-bond acceptors (Lipinski definition) is 3. The highest BCUT2D eigenvalue weighted by molar-refractivity contribution is 5.96. The highest BCUT2D eigenvalue weighted by atomic mass is 16.2. The van der Waals surface area contributed by atoms with E-state index in [1.165, 1.54) is 5.56 Å². The Morgan fingerprint density at radius 2 is 1.89 bits per heavy atom. The van der Waals surface area contributed by atoms with Crippen molar-refractivity contribution in [3.8, 4) is 0 Å². The van der Waals surface area contributed by atoms with Gasteiger partial charge in [0, 0.05) is 12.2 Å². The van der Waals surface area contributed by atoms with Crippen molar-refractivity contribution in [2.24, 2.45) is 5.84 Å². The fourth-order valence-corrected chi connectivity index (χ4v) is 2.82. The molecule has 4 heteroatoms. The highest BCUT2D eigenvalue weighted by Crippen LogP contribution is 2.23. The molecule has 1 aromatic rings. The predicted molar refractivity (Wildman–Crippen MR) is 77.8 cm³/mol. The van der Waals surface area contributed by atoms with Crippen LogP contribution >= 0.6 is 0 Å². The zero-order valence-electron chi connectivity index (χ0n) is 12.0. The molecule has 1 unspecified atom stereocenters. The Hall–Kier alpha value is -1.39. The van der Waals surface area contributed by atoms with Gasteiger partial charge in [-0.25, -0.2) is 5.01 Å². The van der Waals surface area contributed by atoms with Gasteiger partial charge in [-0.3, -0.25) is 10.6 Å². The first-order valence-electron chi connectivity index (χ1n) is 6.89. The number of carbonyl (C=O) groups is 1. The zero-order valence-corrected chi connectivity index (χ0v) is 12.0. The van der Waals surface area contributed by atoms with Gasteiger partial charge in [0.25, 0.3) is 0 Å². The van der Waals surface area contributed by atoms with Gasteiger partial charge in [-0.05, 0) is 51.2 Å². The molecule has 1 saturated heterocycles. The number of anilines is 1. The van der Waals surface area contributed by atoms with Crippen LogP contribution in [0.3, 0.4) is 0 Å². The van der Waals surface area contributed by atoms with E-state index < -0.39 is 0 Å². The standard InChI is InChI=1S/C15H23N3O/c1-10-8-11(2)14(12(3)9-10)17-15(19)13-6-4-5-7-18(13)16/h8-9,13H,4-7,16H2,1-3H3,(H,17,19). The molecule has 1 heterocycles. The normalized spacial score (nSPS) is 20.3. The van der Waals surface area contributed by atoms with Gasteiger partial charge in [-0.15, -0.1) is 0 Å². The lowest BCUT2D eigenvalue weighted by atomic mass is 10.0. The molecular formula is C15H23N3O. The van der Waals surface area contributed by atoms with Gasteiger partial charge in [-0.2, -0.15) is 0 Å². The molecule has 0 spiro atoms. The largest absolute Gasteiger partial charge is 0.324 e. The molecule has 0 aliphatic carbocycles. The molecule has 2 rings (SSSR count). The maximum absolute atomic E-state index is 12.3. The monoisotopic (exact) mass is 261 g/mol. The van der Waals surface area contributed by atoms with Gasteiger partial charge >= 0.3 is 0 Å². The molecule has 1 aliphatic rings. The Bertz CT molecular complexity index is 461. The summed E-state index contributed by atoms with van der Waals surface area (Å²) < 4.78 is 0. The van der Waals surface area contributed by atoms with Crippen molar-refractivity contribution >= 4 is 11.6 Å². The molecule has 104 valence electrons. The van der Waals surface area contributed by atoms with E-state index in [1.54, 1.807) is 5.01 Å². The van der Waals surface area contributed by atoms with Crippen LogP contribution in [0.5, 0.6) is 0 Å². The number of rotatable bonds is 2. The van der Waals surface area contributed by atoms with E-state index in [2.05, 4.69) is 24.4 Å². The number of aryl methyl sites for hydroxylation is 3. The molecule has 3 N–H and O–H groups in total. The van der Waals surface area contributed by atoms with Gasteiger partial charge in [0.05, 0.1) is 0 Å². The second-order valence-electron chi connectivity index (χ2n) is 5.51. The van der Waals surface area contributed by atoms with Gasteiger partial charge in [-0.1, -0.05) is 17.7 Å². The van der Waals surface area contributed by atoms with Crippen LogP contribution in [0.15, 0.2) is 12.1 Å². The number of hydrogen-bond donors (Lipinski definition) is 2. The van der Waals surface area contributed by atoms with Gasteiger partial charge in [0.15, 0.2) is 0 Å². The molecular weight excluding hydrogens is 238 g/mol. The number of benzene rings is 1. The minimum Gasteiger partial charge on any atom is -0.324 e. The first-order valence-corrected chi connectivity index (χ1v) is 6.89. The maximum Gasteiger partial charge on any atom is 0.243 e. The number of nitrogens with one attached hydrogen (secondary N) is 1. The molecule has 4 nitrogen and oxygen atoms in total. The van der Waals surface area contributed by atoms with Crippen LogP contribution in [-0.4, -0.2) is 23.5 Å². The van der Waals surface area contributed by atoms with Gasteiger partial charge in [0.2, 0.25) is 5.91 Å². The van der Waals surface area contributed by atoms with Crippen molar-refractivity contribution in [2.45, 2.75) is 46.1 Å². The van der Waals surface area contributed by atoms with Crippen LogP contribution in [0.1, 0.15) is 36.0 Å². The van der Waals surface area contributed by atoms with E-state index in [0.29, 0.717) is 0 Å². The molecule has 19 heavy (non-hydrogen) atoms. The number of carbonyl (C=O) groups excluding carboxylic acids is 1. The van der Waals surface area contributed by atoms with Crippen molar-refractivity contribution in [3.63, 3.8) is 0 Å². The second-order valence-corrected chi connectivity index (χ2v) is 5.51.